The summed E-state index contributed by atoms with van der Waals surface area (Å²) in [5.74, 6) is 3.98. The smallest absolute Gasteiger partial charge is 0.338 e. The Morgan fingerprint density at radius 1 is 1.50 bits per heavy atom. The molecule has 0 bridgehead atoms. The molecule has 1 aliphatic heterocycles. The fourth-order valence-corrected chi connectivity index (χ4v) is 1.43. The number of cyclic esters (lactones) is 1. The minimum atomic E-state index is -0.952. The van der Waals surface area contributed by atoms with Gasteiger partial charge in [0.1, 0.15) is 13.0 Å². The van der Waals surface area contributed by atoms with E-state index in [2.05, 4.69) is 11.8 Å². The number of carbonyl (C=O) groups excluding carboxylic acids is 1. The summed E-state index contributed by atoms with van der Waals surface area (Å²) in [6.07, 6.45) is -0.188. The average Bonchev–Trinajstić information content (AvgIpc) is 2.60. The van der Waals surface area contributed by atoms with Gasteiger partial charge in [-0.25, -0.2) is 4.79 Å². The van der Waals surface area contributed by atoms with Gasteiger partial charge in [0.05, 0.1) is 5.56 Å². The van der Waals surface area contributed by atoms with Crippen LogP contribution in [-0.4, -0.2) is 17.0 Å². The lowest BCUT2D eigenvalue weighted by Crippen LogP contribution is -1.93. The van der Waals surface area contributed by atoms with Crippen molar-refractivity contribution in [2.45, 2.75) is 13.0 Å². The first-order valence-corrected chi connectivity index (χ1v) is 4.67. The van der Waals surface area contributed by atoms with E-state index in [0.29, 0.717) is 11.1 Å². The molecule has 0 aromatic heterocycles. The second-order valence-electron chi connectivity index (χ2n) is 3.32. The normalized spacial score (nSPS) is 12.4. The lowest BCUT2D eigenvalue weighted by Gasteiger charge is -1.94. The standard InChI is InChI=1S/C12H8O4/c13-11(14)3-1-2-8-4-5-10-9(6-8)7-16-12(10)15/h4-6H,3,7H2,(H,13,14). The van der Waals surface area contributed by atoms with Gasteiger partial charge in [0, 0.05) is 11.1 Å². The van der Waals surface area contributed by atoms with E-state index in [9.17, 15) is 9.59 Å². The molecule has 1 aromatic rings. The Labute approximate surface area is 91.8 Å². The maximum Gasteiger partial charge on any atom is 0.338 e. The summed E-state index contributed by atoms with van der Waals surface area (Å²) < 4.78 is 4.84. The first-order valence-electron chi connectivity index (χ1n) is 4.67. The molecule has 80 valence electrons. The maximum absolute atomic E-state index is 11.1. The van der Waals surface area contributed by atoms with Gasteiger partial charge in [0.25, 0.3) is 0 Å². The largest absolute Gasteiger partial charge is 0.481 e. The van der Waals surface area contributed by atoms with Crippen LogP contribution in [-0.2, 0) is 16.1 Å². The number of aliphatic carboxylic acids is 1. The predicted molar refractivity (Wildman–Crippen MR) is 54.7 cm³/mol. The van der Waals surface area contributed by atoms with Crippen LogP contribution in [0.2, 0.25) is 0 Å². The fraction of sp³-hybridized carbons (Fsp3) is 0.167. The summed E-state index contributed by atoms with van der Waals surface area (Å²) in [4.78, 5) is 21.4. The predicted octanol–water partition coefficient (Wildman–Crippen LogP) is 1.18. The third-order valence-electron chi connectivity index (χ3n) is 2.16. The number of rotatable bonds is 1. The summed E-state index contributed by atoms with van der Waals surface area (Å²) in [6, 6.07) is 5.07. The van der Waals surface area contributed by atoms with E-state index < -0.39 is 5.97 Å². The summed E-state index contributed by atoms with van der Waals surface area (Å²) in [5, 5.41) is 8.41. The molecule has 1 N–H and O–H groups in total. The zero-order valence-corrected chi connectivity index (χ0v) is 8.32. The molecule has 4 nitrogen and oxygen atoms in total. The highest BCUT2D eigenvalue weighted by Gasteiger charge is 2.20. The highest BCUT2D eigenvalue weighted by Crippen LogP contribution is 2.20. The number of carboxylic acids is 1. The maximum atomic E-state index is 11.1. The van der Waals surface area contributed by atoms with Crippen LogP contribution in [0.15, 0.2) is 18.2 Å². The molecule has 0 aliphatic carbocycles. The quantitative estimate of drug-likeness (QED) is 0.565. The van der Waals surface area contributed by atoms with Gasteiger partial charge in [0.15, 0.2) is 0 Å². The Hall–Kier alpha value is -2.28. The first kappa shape index (κ1) is 10.2. The van der Waals surface area contributed by atoms with E-state index in [1.807, 2.05) is 0 Å². The van der Waals surface area contributed by atoms with Crippen molar-refractivity contribution >= 4 is 11.9 Å². The van der Waals surface area contributed by atoms with Crippen LogP contribution in [0.3, 0.4) is 0 Å². The SMILES string of the molecule is O=C(O)CC#Cc1ccc2c(c1)COC2=O. The zero-order chi connectivity index (χ0) is 11.5. The number of ether oxygens (including phenoxy) is 1. The van der Waals surface area contributed by atoms with Crippen LogP contribution in [0.25, 0.3) is 0 Å². The van der Waals surface area contributed by atoms with Crippen molar-refractivity contribution in [2.75, 3.05) is 0 Å². The summed E-state index contributed by atoms with van der Waals surface area (Å²) in [7, 11) is 0. The van der Waals surface area contributed by atoms with Gasteiger partial charge in [-0.05, 0) is 18.2 Å². The van der Waals surface area contributed by atoms with Crippen molar-refractivity contribution in [3.05, 3.63) is 34.9 Å². The van der Waals surface area contributed by atoms with Gasteiger partial charge in [-0.1, -0.05) is 11.8 Å². The Kier molecular flexibility index (Phi) is 2.61. The molecule has 0 fully saturated rings. The van der Waals surface area contributed by atoms with Crippen molar-refractivity contribution in [3.63, 3.8) is 0 Å². The van der Waals surface area contributed by atoms with Crippen LogP contribution in [0.5, 0.6) is 0 Å². The lowest BCUT2D eigenvalue weighted by atomic mass is 10.1. The number of carbonyl (C=O) groups is 2. The van der Waals surface area contributed by atoms with Crippen molar-refractivity contribution in [3.8, 4) is 11.8 Å². The Bertz CT molecular complexity index is 520. The molecular formula is C12H8O4. The minimum absolute atomic E-state index is 0.188. The molecule has 4 heteroatoms. The molecule has 1 heterocycles. The number of hydrogen-bond donors (Lipinski definition) is 1. The third kappa shape index (κ3) is 2.04. The molecule has 16 heavy (non-hydrogen) atoms. The fourth-order valence-electron chi connectivity index (χ4n) is 1.43. The topological polar surface area (TPSA) is 63.6 Å². The van der Waals surface area contributed by atoms with Crippen molar-refractivity contribution < 1.29 is 19.4 Å². The van der Waals surface area contributed by atoms with E-state index in [1.54, 1.807) is 18.2 Å². The molecule has 0 spiro atoms. The highest BCUT2D eigenvalue weighted by atomic mass is 16.5. The van der Waals surface area contributed by atoms with Crippen LogP contribution in [0.1, 0.15) is 27.9 Å². The summed E-state index contributed by atoms with van der Waals surface area (Å²) >= 11 is 0. The number of hydrogen-bond acceptors (Lipinski definition) is 3. The number of carboxylic acid groups (broad SMARTS) is 1. The molecule has 0 unspecified atom stereocenters. The van der Waals surface area contributed by atoms with Gasteiger partial charge in [-0.3, -0.25) is 4.79 Å². The van der Waals surface area contributed by atoms with E-state index in [1.165, 1.54) is 0 Å². The van der Waals surface area contributed by atoms with E-state index in [-0.39, 0.29) is 19.0 Å². The Morgan fingerprint density at radius 2 is 2.31 bits per heavy atom. The van der Waals surface area contributed by atoms with Gasteiger partial charge in [0.2, 0.25) is 0 Å². The Morgan fingerprint density at radius 3 is 3.06 bits per heavy atom. The van der Waals surface area contributed by atoms with Crippen LogP contribution < -0.4 is 0 Å². The molecule has 0 atom stereocenters. The van der Waals surface area contributed by atoms with Crippen LogP contribution >= 0.6 is 0 Å². The van der Waals surface area contributed by atoms with E-state index in [0.717, 1.165) is 5.56 Å². The monoisotopic (exact) mass is 216 g/mol. The number of esters is 1. The first-order chi connectivity index (χ1) is 7.66. The molecule has 1 aliphatic rings. The molecule has 0 amide bonds. The van der Waals surface area contributed by atoms with Crippen LogP contribution in [0, 0.1) is 11.8 Å². The molecule has 0 radical (unpaired) electrons. The number of benzene rings is 1. The van der Waals surface area contributed by atoms with Crippen LogP contribution in [0.4, 0.5) is 0 Å². The zero-order valence-electron chi connectivity index (χ0n) is 8.32. The van der Waals surface area contributed by atoms with Crippen molar-refractivity contribution in [2.24, 2.45) is 0 Å². The number of fused-ring (bicyclic) bond motifs is 1. The second kappa shape index (κ2) is 4.07. The Balaban J connectivity index is 2.21. The van der Waals surface area contributed by atoms with Gasteiger partial charge < -0.3 is 9.84 Å². The van der Waals surface area contributed by atoms with E-state index >= 15 is 0 Å². The highest BCUT2D eigenvalue weighted by molar-refractivity contribution is 5.93. The summed E-state index contributed by atoms with van der Waals surface area (Å²) in [5.41, 5.74) is 2.05. The molecule has 0 saturated heterocycles. The van der Waals surface area contributed by atoms with Gasteiger partial charge >= 0.3 is 11.9 Å². The lowest BCUT2D eigenvalue weighted by molar-refractivity contribution is -0.135. The second-order valence-corrected chi connectivity index (χ2v) is 3.32. The minimum Gasteiger partial charge on any atom is -0.481 e. The van der Waals surface area contributed by atoms with Gasteiger partial charge in [-0.2, -0.15) is 0 Å². The third-order valence-corrected chi connectivity index (χ3v) is 2.16. The molecule has 0 saturated carbocycles. The molecule has 2 rings (SSSR count). The molecular weight excluding hydrogens is 208 g/mol. The van der Waals surface area contributed by atoms with Crippen molar-refractivity contribution in [1.29, 1.82) is 0 Å². The van der Waals surface area contributed by atoms with Gasteiger partial charge in [-0.15, -0.1) is 0 Å². The summed E-state index contributed by atoms with van der Waals surface area (Å²) in [6.45, 7) is 0.266. The van der Waals surface area contributed by atoms with Crippen molar-refractivity contribution in [1.82, 2.24) is 0 Å². The van der Waals surface area contributed by atoms with E-state index in [4.69, 9.17) is 9.84 Å². The average molecular weight is 216 g/mol. The molecule has 1 aromatic carbocycles.